The van der Waals surface area contributed by atoms with Gasteiger partial charge in [-0.3, -0.25) is 4.79 Å². The number of hydrogen-bond acceptors (Lipinski definition) is 4. The van der Waals surface area contributed by atoms with Gasteiger partial charge in [-0.1, -0.05) is 23.2 Å². The molecule has 110 valence electrons. The fourth-order valence-electron chi connectivity index (χ4n) is 1.87. The van der Waals surface area contributed by atoms with Crippen molar-refractivity contribution < 1.29 is 13.2 Å². The fraction of sp³-hybridized carbons (Fsp3) is 0.455. The first-order valence-corrected chi connectivity index (χ1v) is 8.22. The molecule has 1 aromatic rings. The van der Waals surface area contributed by atoms with E-state index in [9.17, 15) is 13.2 Å². The van der Waals surface area contributed by atoms with E-state index in [4.69, 9.17) is 23.2 Å². The zero-order valence-electron chi connectivity index (χ0n) is 10.5. The number of amides is 1. The molecule has 0 radical (unpaired) electrons. The van der Waals surface area contributed by atoms with E-state index in [1.165, 1.54) is 6.07 Å². The highest BCUT2D eigenvalue weighted by Crippen LogP contribution is 2.21. The summed E-state index contributed by atoms with van der Waals surface area (Å²) >= 11 is 11.3. The van der Waals surface area contributed by atoms with E-state index in [-0.39, 0.29) is 27.5 Å². The van der Waals surface area contributed by atoms with Gasteiger partial charge in [-0.25, -0.2) is 18.1 Å². The maximum absolute atomic E-state index is 12.0. The number of halogens is 2. The first-order chi connectivity index (χ1) is 9.40. The van der Waals surface area contributed by atoms with E-state index in [0.29, 0.717) is 13.1 Å². The number of likely N-dealkylation sites (tertiary alicyclic amines) is 1. The molecular formula is C11H13Cl2N3O3S. The van der Waals surface area contributed by atoms with Crippen molar-refractivity contribution in [2.24, 2.45) is 0 Å². The fourth-order valence-corrected chi connectivity index (χ4v) is 3.15. The van der Waals surface area contributed by atoms with Gasteiger partial charge < -0.3 is 4.90 Å². The molecule has 9 heteroatoms. The Morgan fingerprint density at radius 1 is 1.35 bits per heavy atom. The van der Waals surface area contributed by atoms with Gasteiger partial charge in [-0.15, -0.1) is 0 Å². The molecule has 1 saturated heterocycles. The summed E-state index contributed by atoms with van der Waals surface area (Å²) in [6.07, 6.45) is 3.00. The second-order valence-electron chi connectivity index (χ2n) is 4.36. The van der Waals surface area contributed by atoms with Crippen LogP contribution in [0.5, 0.6) is 0 Å². The second kappa shape index (κ2) is 6.26. The lowest BCUT2D eigenvalue weighted by Gasteiger charge is -2.15. The highest BCUT2D eigenvalue weighted by Gasteiger charge is 2.21. The molecule has 0 saturated carbocycles. The second-order valence-corrected chi connectivity index (χ2v) is 6.89. The van der Waals surface area contributed by atoms with Crippen LogP contribution in [0.15, 0.2) is 17.2 Å². The van der Waals surface area contributed by atoms with Crippen LogP contribution in [-0.2, 0) is 14.8 Å². The molecule has 1 amide bonds. The predicted octanol–water partition coefficient (Wildman–Crippen LogP) is 1.29. The molecule has 1 N–H and O–H groups in total. The molecule has 20 heavy (non-hydrogen) atoms. The minimum absolute atomic E-state index is 0.0266. The summed E-state index contributed by atoms with van der Waals surface area (Å²) in [6, 6.07) is 1.19. The number of sulfonamides is 1. The van der Waals surface area contributed by atoms with Gasteiger partial charge in [0.2, 0.25) is 15.9 Å². The van der Waals surface area contributed by atoms with Gasteiger partial charge in [-0.05, 0) is 18.9 Å². The van der Waals surface area contributed by atoms with Crippen molar-refractivity contribution in [3.63, 3.8) is 0 Å². The van der Waals surface area contributed by atoms with E-state index in [2.05, 4.69) is 9.71 Å². The van der Waals surface area contributed by atoms with Gasteiger partial charge in [-0.2, -0.15) is 0 Å². The van der Waals surface area contributed by atoms with E-state index in [1.807, 2.05) is 0 Å². The molecule has 0 unspecified atom stereocenters. The van der Waals surface area contributed by atoms with E-state index >= 15 is 0 Å². The largest absolute Gasteiger partial charge is 0.342 e. The number of rotatable bonds is 4. The molecule has 0 aromatic carbocycles. The quantitative estimate of drug-likeness (QED) is 0.839. The first-order valence-electron chi connectivity index (χ1n) is 5.98. The van der Waals surface area contributed by atoms with Crippen molar-refractivity contribution in [2.45, 2.75) is 17.7 Å². The van der Waals surface area contributed by atoms with Gasteiger partial charge >= 0.3 is 0 Å². The summed E-state index contributed by atoms with van der Waals surface area (Å²) in [6.45, 7) is 1.08. The molecule has 1 aromatic heterocycles. The van der Waals surface area contributed by atoms with E-state index in [0.717, 1.165) is 19.0 Å². The third kappa shape index (κ3) is 3.60. The average Bonchev–Trinajstić information content (AvgIpc) is 2.93. The van der Waals surface area contributed by atoms with Crippen LogP contribution in [0.1, 0.15) is 12.8 Å². The number of carbonyl (C=O) groups is 1. The third-order valence-corrected chi connectivity index (χ3v) is 5.01. The van der Waals surface area contributed by atoms with Crippen LogP contribution < -0.4 is 4.72 Å². The van der Waals surface area contributed by atoms with Crippen LogP contribution in [0.3, 0.4) is 0 Å². The molecule has 0 aliphatic carbocycles. The summed E-state index contributed by atoms with van der Waals surface area (Å²) in [7, 11) is -3.83. The first kappa shape index (κ1) is 15.5. The predicted molar refractivity (Wildman–Crippen MR) is 75.3 cm³/mol. The highest BCUT2D eigenvalue weighted by atomic mass is 35.5. The summed E-state index contributed by atoms with van der Waals surface area (Å²) in [5.41, 5.74) is 0. The number of nitrogens with one attached hydrogen (secondary N) is 1. The Labute approximate surface area is 127 Å². The molecule has 6 nitrogen and oxygen atoms in total. The summed E-state index contributed by atoms with van der Waals surface area (Å²) < 4.78 is 26.2. The molecule has 1 aliphatic rings. The summed E-state index contributed by atoms with van der Waals surface area (Å²) in [4.78, 5) is 17.0. The number of hydrogen-bond donors (Lipinski definition) is 1. The molecule has 2 rings (SSSR count). The lowest BCUT2D eigenvalue weighted by Crippen LogP contribution is -2.38. The van der Waals surface area contributed by atoms with Gasteiger partial charge in [0.05, 0.1) is 11.6 Å². The number of pyridine rings is 1. The number of nitrogens with zero attached hydrogens (tertiary/aromatic N) is 2. The Bertz CT molecular complexity index is 615. The minimum Gasteiger partial charge on any atom is -0.342 e. The molecule has 2 heterocycles. The average molecular weight is 338 g/mol. The minimum atomic E-state index is -3.83. The van der Waals surface area contributed by atoms with E-state index < -0.39 is 10.0 Å². The van der Waals surface area contributed by atoms with Crippen molar-refractivity contribution >= 4 is 39.1 Å². The van der Waals surface area contributed by atoms with Crippen molar-refractivity contribution in [2.75, 3.05) is 19.6 Å². The number of aromatic nitrogens is 1. The molecule has 1 aliphatic heterocycles. The van der Waals surface area contributed by atoms with Crippen LogP contribution in [0, 0.1) is 0 Å². The lowest BCUT2D eigenvalue weighted by atomic mass is 10.4. The Balaban J connectivity index is 2.03. The van der Waals surface area contributed by atoms with E-state index in [1.54, 1.807) is 4.90 Å². The molecule has 0 bridgehead atoms. The standard InChI is InChI=1S/C11H13Cl2N3O3S/c12-9-5-8(6-14-11(9)13)20(18,19)15-7-10(17)16-3-1-2-4-16/h5-6,15H,1-4,7H2. The van der Waals surface area contributed by atoms with Gasteiger partial charge in [0.15, 0.2) is 0 Å². The Hall–Kier alpha value is -0.890. The van der Waals surface area contributed by atoms with Crippen molar-refractivity contribution in [1.82, 2.24) is 14.6 Å². The number of carbonyl (C=O) groups excluding carboxylic acids is 1. The Kier molecular flexibility index (Phi) is 4.85. The van der Waals surface area contributed by atoms with Gasteiger partial charge in [0, 0.05) is 19.3 Å². The van der Waals surface area contributed by atoms with Crippen LogP contribution in [0.2, 0.25) is 10.2 Å². The van der Waals surface area contributed by atoms with Crippen LogP contribution in [0.4, 0.5) is 0 Å². The SMILES string of the molecule is O=C(CNS(=O)(=O)c1cnc(Cl)c(Cl)c1)N1CCCC1. The third-order valence-electron chi connectivity index (χ3n) is 2.95. The van der Waals surface area contributed by atoms with Crippen LogP contribution >= 0.6 is 23.2 Å². The monoisotopic (exact) mass is 337 g/mol. The molecule has 0 spiro atoms. The maximum atomic E-state index is 12.0. The van der Waals surface area contributed by atoms with Gasteiger partial charge in [0.25, 0.3) is 0 Å². The van der Waals surface area contributed by atoms with Crippen molar-refractivity contribution in [3.8, 4) is 0 Å². The smallest absolute Gasteiger partial charge is 0.242 e. The lowest BCUT2D eigenvalue weighted by molar-refractivity contribution is -0.128. The summed E-state index contributed by atoms with van der Waals surface area (Å²) in [5.74, 6) is -0.237. The van der Waals surface area contributed by atoms with Crippen LogP contribution in [-0.4, -0.2) is 43.8 Å². The van der Waals surface area contributed by atoms with Gasteiger partial charge in [0.1, 0.15) is 10.0 Å². The zero-order chi connectivity index (χ0) is 14.8. The van der Waals surface area contributed by atoms with Crippen LogP contribution in [0.25, 0.3) is 0 Å². The van der Waals surface area contributed by atoms with Crippen molar-refractivity contribution in [1.29, 1.82) is 0 Å². The molecule has 0 atom stereocenters. The zero-order valence-corrected chi connectivity index (χ0v) is 12.8. The molecule has 1 fully saturated rings. The Morgan fingerprint density at radius 3 is 2.60 bits per heavy atom. The highest BCUT2D eigenvalue weighted by molar-refractivity contribution is 7.89. The van der Waals surface area contributed by atoms with Crippen molar-refractivity contribution in [3.05, 3.63) is 22.4 Å². The normalized spacial score (nSPS) is 15.6. The maximum Gasteiger partial charge on any atom is 0.242 e. The Morgan fingerprint density at radius 2 is 2.00 bits per heavy atom. The topological polar surface area (TPSA) is 79.4 Å². The molecular weight excluding hydrogens is 325 g/mol. The summed E-state index contributed by atoms with van der Waals surface area (Å²) in [5, 5.41) is 0.0687.